The second-order valence-electron chi connectivity index (χ2n) is 8.05. The summed E-state index contributed by atoms with van der Waals surface area (Å²) in [5.74, 6) is -0.288. The Hall–Kier alpha value is -4.56. The lowest BCUT2D eigenvalue weighted by molar-refractivity contribution is 0.102. The van der Waals surface area contributed by atoms with Crippen LogP contribution in [0.4, 0.5) is 11.4 Å². The summed E-state index contributed by atoms with van der Waals surface area (Å²) >= 11 is 0. The van der Waals surface area contributed by atoms with E-state index in [1.807, 2.05) is 78.9 Å². The number of anilines is 2. The first-order valence-electron chi connectivity index (χ1n) is 11.2. The molecule has 1 unspecified atom stereocenters. The molecule has 1 aromatic heterocycles. The standard InChI is InChI=1S/C27H24N6O2/c34-26(19-6-2-1-3-7-19)22-8-4-5-9-23(22)29-14-20-15-31-33-25(20)27(35)32-21-12-10-18(11-13-21)24-16-28-17-30-24/h1-13,15-16,26,29,34H,14,17H2,(H,31,33)(H,32,35). The lowest BCUT2D eigenvalue weighted by Gasteiger charge is -2.17. The van der Waals surface area contributed by atoms with Crippen molar-refractivity contribution in [1.29, 1.82) is 0 Å². The fourth-order valence-corrected chi connectivity index (χ4v) is 3.91. The highest BCUT2D eigenvalue weighted by molar-refractivity contribution is 6.39. The van der Waals surface area contributed by atoms with Crippen LogP contribution in [0.2, 0.25) is 0 Å². The summed E-state index contributed by atoms with van der Waals surface area (Å²) in [5.41, 5.74) is 5.88. The Bertz CT molecular complexity index is 1380. The third-order valence-corrected chi connectivity index (χ3v) is 5.76. The van der Waals surface area contributed by atoms with Gasteiger partial charge in [0.15, 0.2) is 0 Å². The van der Waals surface area contributed by atoms with Crippen LogP contribution in [0.3, 0.4) is 0 Å². The van der Waals surface area contributed by atoms with Gasteiger partial charge in [-0.1, -0.05) is 60.7 Å². The third kappa shape index (κ3) is 5.02. The van der Waals surface area contributed by atoms with Gasteiger partial charge in [-0.05, 0) is 23.8 Å². The zero-order chi connectivity index (χ0) is 24.0. The zero-order valence-electron chi connectivity index (χ0n) is 18.8. The number of benzene rings is 3. The van der Waals surface area contributed by atoms with E-state index < -0.39 is 6.10 Å². The van der Waals surface area contributed by atoms with Crippen molar-refractivity contribution in [3.05, 3.63) is 113 Å². The van der Waals surface area contributed by atoms with Crippen LogP contribution >= 0.6 is 0 Å². The van der Waals surface area contributed by atoms with Gasteiger partial charge in [-0.15, -0.1) is 0 Å². The molecule has 0 saturated heterocycles. The number of aliphatic hydroxyl groups is 1. The molecule has 2 heterocycles. The molecule has 0 saturated carbocycles. The van der Waals surface area contributed by atoms with Crippen molar-refractivity contribution < 1.29 is 9.90 Å². The average Bonchev–Trinajstić information content (AvgIpc) is 3.61. The quantitative estimate of drug-likeness (QED) is 0.313. The van der Waals surface area contributed by atoms with Crippen LogP contribution in [-0.4, -0.2) is 39.8 Å². The molecule has 1 aliphatic rings. The molecule has 174 valence electrons. The summed E-state index contributed by atoms with van der Waals surface area (Å²) in [7, 11) is 0. The van der Waals surface area contributed by atoms with E-state index in [1.54, 1.807) is 12.4 Å². The number of aliphatic hydroxyl groups excluding tert-OH is 1. The molecule has 0 aliphatic carbocycles. The Morgan fingerprint density at radius 1 is 1.00 bits per heavy atom. The molecule has 8 heteroatoms. The average molecular weight is 465 g/mol. The molecule has 4 aromatic rings. The number of aromatic amines is 1. The monoisotopic (exact) mass is 464 g/mol. The zero-order valence-corrected chi connectivity index (χ0v) is 18.8. The van der Waals surface area contributed by atoms with Gasteiger partial charge >= 0.3 is 0 Å². The number of carbonyl (C=O) groups excluding carboxylic acids is 1. The number of hydrogen-bond acceptors (Lipinski definition) is 6. The highest BCUT2D eigenvalue weighted by atomic mass is 16.3. The van der Waals surface area contributed by atoms with Crippen LogP contribution in [0.1, 0.15) is 38.8 Å². The van der Waals surface area contributed by atoms with Crippen molar-refractivity contribution in [1.82, 2.24) is 10.2 Å². The Morgan fingerprint density at radius 2 is 1.77 bits per heavy atom. The van der Waals surface area contributed by atoms with Crippen LogP contribution < -0.4 is 10.6 Å². The number of amides is 1. The van der Waals surface area contributed by atoms with Crippen molar-refractivity contribution >= 4 is 29.2 Å². The Morgan fingerprint density at radius 3 is 2.54 bits per heavy atom. The van der Waals surface area contributed by atoms with E-state index in [0.717, 1.165) is 28.1 Å². The van der Waals surface area contributed by atoms with E-state index in [0.29, 0.717) is 30.2 Å². The van der Waals surface area contributed by atoms with Crippen LogP contribution in [0, 0.1) is 0 Å². The van der Waals surface area contributed by atoms with E-state index in [2.05, 4.69) is 30.8 Å². The molecular weight excluding hydrogens is 440 g/mol. The van der Waals surface area contributed by atoms with E-state index in [9.17, 15) is 9.90 Å². The second-order valence-corrected chi connectivity index (χ2v) is 8.05. The molecule has 0 spiro atoms. The fourth-order valence-electron chi connectivity index (χ4n) is 3.91. The van der Waals surface area contributed by atoms with Gasteiger partial charge in [-0.25, -0.2) is 0 Å². The number of hydrogen-bond donors (Lipinski definition) is 4. The molecule has 0 fully saturated rings. The van der Waals surface area contributed by atoms with Gasteiger partial charge in [0.1, 0.15) is 18.5 Å². The molecule has 1 aliphatic heterocycles. The summed E-state index contributed by atoms with van der Waals surface area (Å²) in [6.45, 7) is 0.815. The highest BCUT2D eigenvalue weighted by Gasteiger charge is 2.17. The number of H-pyrrole nitrogens is 1. The largest absolute Gasteiger partial charge is 0.384 e. The normalized spacial score (nSPS) is 13.3. The van der Waals surface area contributed by atoms with Crippen molar-refractivity contribution in [2.45, 2.75) is 12.6 Å². The molecule has 4 N–H and O–H groups in total. The first kappa shape index (κ1) is 22.2. The van der Waals surface area contributed by atoms with E-state index in [-0.39, 0.29) is 5.91 Å². The number of carbonyl (C=O) groups is 1. The maximum absolute atomic E-state index is 12.9. The molecule has 3 aromatic carbocycles. The maximum Gasteiger partial charge on any atom is 0.274 e. The lowest BCUT2D eigenvalue weighted by atomic mass is 10.00. The first-order chi connectivity index (χ1) is 17.2. The Balaban J connectivity index is 1.27. The number of nitrogens with zero attached hydrogens (tertiary/aromatic N) is 3. The lowest BCUT2D eigenvalue weighted by Crippen LogP contribution is -2.16. The minimum absolute atomic E-state index is 0.288. The number of aliphatic imine (C=N–C) groups is 2. The molecular formula is C27H24N6O2. The minimum atomic E-state index is -0.767. The summed E-state index contributed by atoms with van der Waals surface area (Å²) in [6.07, 6.45) is 2.60. The summed E-state index contributed by atoms with van der Waals surface area (Å²) in [5, 5.41) is 24.0. The summed E-state index contributed by atoms with van der Waals surface area (Å²) in [4.78, 5) is 21.3. The van der Waals surface area contributed by atoms with E-state index >= 15 is 0 Å². The number of aromatic nitrogens is 2. The van der Waals surface area contributed by atoms with Crippen molar-refractivity contribution in [3.63, 3.8) is 0 Å². The number of para-hydroxylation sites is 1. The van der Waals surface area contributed by atoms with Crippen molar-refractivity contribution in [2.75, 3.05) is 17.3 Å². The van der Waals surface area contributed by atoms with Gasteiger partial charge < -0.3 is 15.7 Å². The van der Waals surface area contributed by atoms with Crippen LogP contribution in [0.5, 0.6) is 0 Å². The molecule has 0 bridgehead atoms. The third-order valence-electron chi connectivity index (χ3n) is 5.76. The highest BCUT2D eigenvalue weighted by Crippen LogP contribution is 2.28. The molecule has 5 rings (SSSR count). The summed E-state index contributed by atoms with van der Waals surface area (Å²) in [6, 6.07) is 24.5. The SMILES string of the molecule is O=C(Nc1ccc(C2=NCN=C2)cc1)c1[nH]ncc1CNc1ccccc1C(O)c1ccccc1. The molecule has 1 amide bonds. The smallest absolute Gasteiger partial charge is 0.274 e. The van der Waals surface area contributed by atoms with Crippen LogP contribution in [0.25, 0.3) is 0 Å². The molecule has 0 radical (unpaired) electrons. The number of rotatable bonds is 8. The predicted molar refractivity (Wildman–Crippen MR) is 137 cm³/mol. The first-order valence-corrected chi connectivity index (χ1v) is 11.2. The van der Waals surface area contributed by atoms with Gasteiger partial charge in [-0.2, -0.15) is 5.10 Å². The van der Waals surface area contributed by atoms with Crippen LogP contribution in [0.15, 0.2) is 95.0 Å². The van der Waals surface area contributed by atoms with Gasteiger partial charge in [-0.3, -0.25) is 19.9 Å². The Labute approximate surface area is 202 Å². The van der Waals surface area contributed by atoms with Gasteiger partial charge in [0.25, 0.3) is 5.91 Å². The van der Waals surface area contributed by atoms with Gasteiger partial charge in [0.2, 0.25) is 0 Å². The Kier molecular flexibility index (Phi) is 6.45. The predicted octanol–water partition coefficient (Wildman–Crippen LogP) is 4.19. The van der Waals surface area contributed by atoms with Crippen LogP contribution in [-0.2, 0) is 6.54 Å². The fraction of sp³-hybridized carbons (Fsp3) is 0.111. The van der Waals surface area contributed by atoms with Crippen molar-refractivity contribution in [2.24, 2.45) is 9.98 Å². The van der Waals surface area contributed by atoms with Gasteiger partial charge in [0.05, 0.1) is 11.9 Å². The van der Waals surface area contributed by atoms with E-state index in [4.69, 9.17) is 0 Å². The van der Waals surface area contributed by atoms with E-state index in [1.165, 1.54) is 0 Å². The molecule has 1 atom stereocenters. The maximum atomic E-state index is 12.9. The molecule has 8 nitrogen and oxygen atoms in total. The molecule has 35 heavy (non-hydrogen) atoms. The topological polar surface area (TPSA) is 115 Å². The number of nitrogens with one attached hydrogen (secondary N) is 3. The van der Waals surface area contributed by atoms with Crippen molar-refractivity contribution in [3.8, 4) is 0 Å². The minimum Gasteiger partial charge on any atom is -0.384 e. The second kappa shape index (κ2) is 10.1. The van der Waals surface area contributed by atoms with Gasteiger partial charge in [0, 0.05) is 40.8 Å². The summed E-state index contributed by atoms with van der Waals surface area (Å²) < 4.78 is 0.